The molecule has 3 N–H and O–H groups in total. The molecule has 0 amide bonds. The zero-order valence-corrected chi connectivity index (χ0v) is 9.93. The maximum Gasteiger partial charge on any atom is 0.133 e. The average Bonchev–Trinajstić information content (AvgIpc) is 2.73. The van der Waals surface area contributed by atoms with Crippen LogP contribution in [0.4, 0.5) is 5.69 Å². The monoisotopic (exact) mass is 231 g/mol. The minimum atomic E-state index is 0.782. The lowest BCUT2D eigenvalue weighted by Gasteiger charge is -2.07. The van der Waals surface area contributed by atoms with E-state index < -0.39 is 0 Å². The van der Waals surface area contributed by atoms with Crippen LogP contribution in [-0.2, 0) is 20.0 Å². The van der Waals surface area contributed by atoms with Crippen LogP contribution >= 0.6 is 0 Å². The van der Waals surface area contributed by atoms with Gasteiger partial charge < -0.3 is 15.6 Å². The molecule has 0 atom stereocenters. The van der Waals surface area contributed by atoms with Gasteiger partial charge in [0.1, 0.15) is 12.2 Å². The highest BCUT2D eigenvalue weighted by Crippen LogP contribution is 2.09. The number of para-hydroxylation sites is 1. The molecule has 17 heavy (non-hydrogen) atoms. The van der Waals surface area contributed by atoms with Crippen LogP contribution in [0.15, 0.2) is 30.6 Å². The summed E-state index contributed by atoms with van der Waals surface area (Å²) in [5, 5.41) is 11.2. The molecule has 0 saturated carbocycles. The Balaban J connectivity index is 1.77. The minimum absolute atomic E-state index is 0.782. The van der Waals surface area contributed by atoms with Crippen LogP contribution in [0.25, 0.3) is 0 Å². The van der Waals surface area contributed by atoms with E-state index in [1.165, 1.54) is 0 Å². The SMILES string of the molecule is Cn1cnnc1CCNCc1ccccc1N. The summed E-state index contributed by atoms with van der Waals surface area (Å²) in [6, 6.07) is 7.89. The van der Waals surface area contributed by atoms with Gasteiger partial charge in [0.2, 0.25) is 0 Å². The molecule has 0 radical (unpaired) electrons. The second kappa shape index (κ2) is 5.45. The van der Waals surface area contributed by atoms with Crippen molar-refractivity contribution >= 4 is 5.69 Å². The number of hydrogen-bond donors (Lipinski definition) is 2. The molecule has 1 aromatic carbocycles. The van der Waals surface area contributed by atoms with E-state index in [1.807, 2.05) is 35.9 Å². The third kappa shape index (κ3) is 3.04. The summed E-state index contributed by atoms with van der Waals surface area (Å²) in [6.45, 7) is 1.64. The number of benzene rings is 1. The zero-order chi connectivity index (χ0) is 12.1. The first-order chi connectivity index (χ1) is 8.27. The van der Waals surface area contributed by atoms with Gasteiger partial charge in [0.25, 0.3) is 0 Å². The van der Waals surface area contributed by atoms with Gasteiger partial charge in [0.05, 0.1) is 0 Å². The van der Waals surface area contributed by atoms with Gasteiger partial charge in [0.15, 0.2) is 0 Å². The van der Waals surface area contributed by atoms with Gasteiger partial charge in [-0.2, -0.15) is 0 Å². The first-order valence-corrected chi connectivity index (χ1v) is 5.64. The lowest BCUT2D eigenvalue weighted by molar-refractivity contribution is 0.654. The van der Waals surface area contributed by atoms with Crippen LogP contribution in [0.5, 0.6) is 0 Å². The summed E-state index contributed by atoms with van der Waals surface area (Å²) in [6.07, 6.45) is 2.58. The van der Waals surface area contributed by atoms with Gasteiger partial charge in [-0.1, -0.05) is 18.2 Å². The van der Waals surface area contributed by atoms with Crippen LogP contribution < -0.4 is 11.1 Å². The Bertz CT molecular complexity index is 477. The summed E-state index contributed by atoms with van der Waals surface area (Å²) < 4.78 is 1.93. The van der Waals surface area contributed by atoms with Crippen LogP contribution in [-0.4, -0.2) is 21.3 Å². The quantitative estimate of drug-likeness (QED) is 0.588. The molecule has 0 aliphatic carbocycles. The number of rotatable bonds is 5. The normalized spacial score (nSPS) is 10.6. The number of aromatic nitrogens is 3. The Morgan fingerprint density at radius 3 is 2.88 bits per heavy atom. The fraction of sp³-hybridized carbons (Fsp3) is 0.333. The molecule has 0 bridgehead atoms. The first kappa shape index (κ1) is 11.6. The fourth-order valence-corrected chi connectivity index (χ4v) is 1.65. The molecule has 5 nitrogen and oxygen atoms in total. The van der Waals surface area contributed by atoms with E-state index in [0.717, 1.165) is 36.6 Å². The largest absolute Gasteiger partial charge is 0.398 e. The summed E-state index contributed by atoms with van der Waals surface area (Å²) in [5.41, 5.74) is 7.82. The van der Waals surface area contributed by atoms with Crippen molar-refractivity contribution in [1.29, 1.82) is 0 Å². The predicted molar refractivity (Wildman–Crippen MR) is 67.3 cm³/mol. The third-order valence-corrected chi connectivity index (χ3v) is 2.70. The molecule has 1 aromatic heterocycles. The number of nitrogens with two attached hydrogens (primary N) is 1. The zero-order valence-electron chi connectivity index (χ0n) is 9.93. The van der Waals surface area contributed by atoms with E-state index in [4.69, 9.17) is 5.73 Å². The number of nitrogens with zero attached hydrogens (tertiary/aromatic N) is 3. The summed E-state index contributed by atoms with van der Waals surface area (Å²) in [5.74, 6) is 0.985. The molecule has 1 heterocycles. The molecule has 5 heteroatoms. The molecule has 0 fully saturated rings. The van der Waals surface area contributed by atoms with Gasteiger partial charge in [-0.3, -0.25) is 0 Å². The van der Waals surface area contributed by atoms with Gasteiger partial charge in [0, 0.05) is 32.2 Å². The first-order valence-electron chi connectivity index (χ1n) is 5.64. The summed E-state index contributed by atoms with van der Waals surface area (Å²) in [7, 11) is 1.95. The van der Waals surface area contributed by atoms with Crippen molar-refractivity contribution in [2.45, 2.75) is 13.0 Å². The Morgan fingerprint density at radius 1 is 1.35 bits per heavy atom. The van der Waals surface area contributed by atoms with E-state index in [2.05, 4.69) is 15.5 Å². The third-order valence-electron chi connectivity index (χ3n) is 2.70. The Kier molecular flexibility index (Phi) is 3.72. The van der Waals surface area contributed by atoms with E-state index in [1.54, 1.807) is 6.33 Å². The van der Waals surface area contributed by atoms with E-state index in [0.29, 0.717) is 0 Å². The number of nitrogens with one attached hydrogen (secondary N) is 1. The molecular weight excluding hydrogens is 214 g/mol. The van der Waals surface area contributed by atoms with Crippen molar-refractivity contribution in [1.82, 2.24) is 20.1 Å². The highest BCUT2D eigenvalue weighted by Gasteiger charge is 2.00. The number of aryl methyl sites for hydroxylation is 1. The van der Waals surface area contributed by atoms with Crippen molar-refractivity contribution < 1.29 is 0 Å². The predicted octanol–water partition coefficient (Wildman–Crippen LogP) is 0.730. The topological polar surface area (TPSA) is 68.8 Å². The van der Waals surface area contributed by atoms with Crippen LogP contribution in [0.2, 0.25) is 0 Å². The number of anilines is 1. The van der Waals surface area contributed by atoms with Crippen LogP contribution in [0, 0.1) is 0 Å². The molecular formula is C12H17N5. The number of hydrogen-bond acceptors (Lipinski definition) is 4. The van der Waals surface area contributed by atoms with Crippen LogP contribution in [0.1, 0.15) is 11.4 Å². The fourth-order valence-electron chi connectivity index (χ4n) is 1.65. The van der Waals surface area contributed by atoms with Crippen molar-refractivity contribution in [3.05, 3.63) is 42.0 Å². The standard InChI is InChI=1S/C12H17N5/c1-17-9-15-16-12(17)6-7-14-8-10-4-2-3-5-11(10)13/h2-5,9,14H,6-8,13H2,1H3. The molecule has 0 aliphatic heterocycles. The molecule has 90 valence electrons. The Morgan fingerprint density at radius 2 is 2.18 bits per heavy atom. The molecule has 0 aliphatic rings. The van der Waals surface area contributed by atoms with Crippen molar-refractivity contribution in [2.24, 2.45) is 7.05 Å². The smallest absolute Gasteiger partial charge is 0.133 e. The Hall–Kier alpha value is -1.88. The molecule has 0 unspecified atom stereocenters. The summed E-state index contributed by atoms with van der Waals surface area (Å²) >= 11 is 0. The molecule has 0 spiro atoms. The maximum atomic E-state index is 5.86. The van der Waals surface area contributed by atoms with E-state index >= 15 is 0 Å². The molecule has 2 rings (SSSR count). The number of nitrogen functional groups attached to an aromatic ring is 1. The van der Waals surface area contributed by atoms with Crippen molar-refractivity contribution in [3.63, 3.8) is 0 Å². The van der Waals surface area contributed by atoms with Gasteiger partial charge in [-0.15, -0.1) is 10.2 Å². The summed E-state index contributed by atoms with van der Waals surface area (Å²) in [4.78, 5) is 0. The van der Waals surface area contributed by atoms with Crippen LogP contribution in [0.3, 0.4) is 0 Å². The molecule has 0 saturated heterocycles. The minimum Gasteiger partial charge on any atom is -0.398 e. The highest BCUT2D eigenvalue weighted by molar-refractivity contribution is 5.46. The van der Waals surface area contributed by atoms with Crippen molar-refractivity contribution in [3.8, 4) is 0 Å². The van der Waals surface area contributed by atoms with E-state index in [-0.39, 0.29) is 0 Å². The second-order valence-electron chi connectivity index (χ2n) is 3.98. The molecule has 2 aromatic rings. The second-order valence-corrected chi connectivity index (χ2v) is 3.98. The van der Waals surface area contributed by atoms with Gasteiger partial charge in [-0.25, -0.2) is 0 Å². The lowest BCUT2D eigenvalue weighted by atomic mass is 10.2. The Labute approximate surface area is 101 Å². The van der Waals surface area contributed by atoms with Gasteiger partial charge in [-0.05, 0) is 11.6 Å². The van der Waals surface area contributed by atoms with Gasteiger partial charge >= 0.3 is 0 Å². The average molecular weight is 231 g/mol. The lowest BCUT2D eigenvalue weighted by Crippen LogP contribution is -2.18. The van der Waals surface area contributed by atoms with E-state index in [9.17, 15) is 0 Å². The highest BCUT2D eigenvalue weighted by atomic mass is 15.2. The maximum absolute atomic E-state index is 5.86. The van der Waals surface area contributed by atoms with Crippen molar-refractivity contribution in [2.75, 3.05) is 12.3 Å².